The lowest BCUT2D eigenvalue weighted by atomic mass is 10.3. The second-order valence-electron chi connectivity index (χ2n) is 5.81. The molecule has 164 valence electrons. The Morgan fingerprint density at radius 2 is 2.13 bits per heavy atom. The summed E-state index contributed by atoms with van der Waals surface area (Å²) in [7, 11) is 0. The highest BCUT2D eigenvalue weighted by Gasteiger charge is 2.28. The van der Waals surface area contributed by atoms with Crippen molar-refractivity contribution < 1.29 is 33.5 Å². The lowest BCUT2D eigenvalue weighted by Crippen LogP contribution is -2.56. The Bertz CT molecular complexity index is 1040. The van der Waals surface area contributed by atoms with Gasteiger partial charge >= 0.3 is 6.18 Å². The Balaban J connectivity index is 0.000000423. The van der Waals surface area contributed by atoms with Crippen LogP contribution in [-0.4, -0.2) is 45.0 Å². The smallest absolute Gasteiger partial charge is 0.430 e. The first-order valence-electron chi connectivity index (χ1n) is 8.50. The van der Waals surface area contributed by atoms with E-state index in [1.165, 1.54) is 12.4 Å². The number of carboxylic acids is 1. The van der Waals surface area contributed by atoms with Gasteiger partial charge in [-0.05, 0) is 18.4 Å². The maximum atomic E-state index is 10.5. The molecule has 0 aliphatic carbocycles. The van der Waals surface area contributed by atoms with Gasteiger partial charge in [-0.25, -0.2) is 9.97 Å². The number of H-pyrrole nitrogens is 1. The van der Waals surface area contributed by atoms with Crippen molar-refractivity contribution in [2.75, 3.05) is 11.9 Å². The van der Waals surface area contributed by atoms with Gasteiger partial charge in [0.05, 0.1) is 23.0 Å². The number of thiophene rings is 1. The van der Waals surface area contributed by atoms with Gasteiger partial charge in [0.1, 0.15) is 36.3 Å². The standard InChI is InChI=1S/C15H15N7OS.C2HF3O2/c1-9(5-16)23-12-2-3-24-15(12)11-4-13(22-21-11)20-14-8-18-10(6-17)7-19-14;3-2(4,5)1(6)7/h2-4,7-9H,5,16H2,1H3,(H2,19,20,21,22);(H,6,7)/t9-;/m0./s1. The number of halogens is 3. The summed E-state index contributed by atoms with van der Waals surface area (Å²) in [5.74, 6) is -1.08. The van der Waals surface area contributed by atoms with Gasteiger partial charge in [0.2, 0.25) is 0 Å². The third-order valence-electron chi connectivity index (χ3n) is 3.44. The summed E-state index contributed by atoms with van der Waals surface area (Å²) in [5.41, 5.74) is 4.96. The van der Waals surface area contributed by atoms with Gasteiger partial charge in [-0.1, -0.05) is 0 Å². The van der Waals surface area contributed by atoms with Crippen LogP contribution in [-0.2, 0) is 4.79 Å². The maximum Gasteiger partial charge on any atom is 0.430 e. The fourth-order valence-electron chi connectivity index (χ4n) is 1.95. The summed E-state index contributed by atoms with van der Waals surface area (Å²) >= 11 is 1.57. The number of carboxylic acid groups (broad SMARTS) is 1. The van der Waals surface area contributed by atoms with Crippen LogP contribution in [0.25, 0.3) is 10.6 Å². The maximum absolute atomic E-state index is 10.5. The number of rotatable bonds is 6. The van der Waals surface area contributed by atoms with E-state index in [1.807, 2.05) is 30.5 Å². The molecule has 3 aromatic heterocycles. The average molecular weight is 455 g/mol. The van der Waals surface area contributed by atoms with Gasteiger partial charge < -0.3 is 25.7 Å². The minimum Gasteiger partial charge on any atom is -0.542 e. The number of aromatic amines is 1. The summed E-state index contributed by atoms with van der Waals surface area (Å²) in [4.78, 5) is 17.8. The average Bonchev–Trinajstić information content (AvgIpc) is 3.37. The van der Waals surface area contributed by atoms with Crippen molar-refractivity contribution in [3.8, 4) is 22.4 Å². The molecule has 3 heterocycles. The summed E-state index contributed by atoms with van der Waals surface area (Å²) in [6.45, 7) is 2.68. The number of nitrogens with one attached hydrogen (secondary N) is 2. The van der Waals surface area contributed by atoms with Crippen LogP contribution in [0.4, 0.5) is 24.8 Å². The van der Waals surface area contributed by atoms with Gasteiger partial charge in [0.15, 0.2) is 11.5 Å². The quantitative estimate of drug-likeness (QED) is 0.492. The number of anilines is 2. The first kappa shape index (κ1) is 23.6. The van der Waals surface area contributed by atoms with Crippen LogP contribution in [0.2, 0.25) is 0 Å². The zero-order chi connectivity index (χ0) is 23.0. The minimum atomic E-state index is -5.19. The number of ether oxygens (including phenoxy) is 1. The highest BCUT2D eigenvalue weighted by Crippen LogP contribution is 2.36. The Labute approximate surface area is 177 Å². The summed E-state index contributed by atoms with van der Waals surface area (Å²) < 4.78 is 37.4. The van der Waals surface area contributed by atoms with Gasteiger partial charge in [0, 0.05) is 6.07 Å². The number of alkyl halides is 3. The molecule has 0 saturated heterocycles. The van der Waals surface area contributed by atoms with Crippen molar-refractivity contribution in [3.05, 3.63) is 35.6 Å². The number of nitrogens with zero attached hydrogens (tertiary/aromatic N) is 4. The molecule has 10 nitrogen and oxygen atoms in total. The molecule has 0 aliphatic rings. The van der Waals surface area contributed by atoms with Crippen LogP contribution in [0.1, 0.15) is 12.6 Å². The van der Waals surface area contributed by atoms with Crippen molar-refractivity contribution in [1.29, 1.82) is 5.26 Å². The molecule has 5 N–H and O–H groups in total. The number of aliphatic carboxylic acids is 1. The van der Waals surface area contributed by atoms with E-state index in [0.717, 1.165) is 16.3 Å². The number of carbonyl (C=O) groups is 1. The zero-order valence-electron chi connectivity index (χ0n) is 15.9. The van der Waals surface area contributed by atoms with Crippen molar-refractivity contribution in [3.63, 3.8) is 0 Å². The molecular weight excluding hydrogens is 439 g/mol. The predicted molar refractivity (Wildman–Crippen MR) is 101 cm³/mol. The van der Waals surface area contributed by atoms with Crippen LogP contribution >= 0.6 is 11.3 Å². The molecule has 0 aliphatic heterocycles. The first-order chi connectivity index (χ1) is 14.6. The second kappa shape index (κ2) is 10.4. The normalized spacial score (nSPS) is 11.6. The highest BCUT2D eigenvalue weighted by molar-refractivity contribution is 7.14. The molecule has 0 amide bonds. The van der Waals surface area contributed by atoms with E-state index in [4.69, 9.17) is 19.9 Å². The third kappa shape index (κ3) is 6.94. The molecule has 1 atom stereocenters. The largest absolute Gasteiger partial charge is 0.542 e. The van der Waals surface area contributed by atoms with E-state index < -0.39 is 12.1 Å². The molecule has 0 aromatic carbocycles. The fraction of sp³-hybridized carbons (Fsp3) is 0.235. The lowest BCUT2D eigenvalue weighted by Gasteiger charge is -2.10. The molecule has 0 saturated carbocycles. The second-order valence-corrected chi connectivity index (χ2v) is 6.72. The van der Waals surface area contributed by atoms with Crippen molar-refractivity contribution >= 4 is 28.9 Å². The number of hydrogen-bond donors (Lipinski definition) is 3. The molecular formula is C17H16F3N7O3S. The third-order valence-corrected chi connectivity index (χ3v) is 4.37. The minimum absolute atomic E-state index is 0.0489. The highest BCUT2D eigenvalue weighted by atomic mass is 32.1. The summed E-state index contributed by atoms with van der Waals surface area (Å²) in [6.07, 6.45) is -2.25. The predicted octanol–water partition coefficient (Wildman–Crippen LogP) is 0.851. The number of quaternary nitrogens is 1. The lowest BCUT2D eigenvalue weighted by molar-refractivity contribution is -0.380. The SMILES string of the molecule is C[C@@H](C[NH3+])Oc1ccsc1-c1cc(Nc2cnc(C#N)cn2)n[nH]1.O=C([O-])C(F)(F)F. The van der Waals surface area contributed by atoms with E-state index in [9.17, 15) is 13.2 Å². The van der Waals surface area contributed by atoms with Crippen LogP contribution in [0.15, 0.2) is 29.9 Å². The van der Waals surface area contributed by atoms with Crippen LogP contribution in [0.3, 0.4) is 0 Å². The number of nitriles is 1. The monoisotopic (exact) mass is 455 g/mol. The summed E-state index contributed by atoms with van der Waals surface area (Å²) in [6, 6.07) is 5.73. The number of carbonyl (C=O) groups excluding carboxylic acids is 1. The molecule has 14 heteroatoms. The molecule has 0 spiro atoms. The summed E-state index contributed by atoms with van der Waals surface area (Å²) in [5, 5.41) is 29.7. The molecule has 3 aromatic rings. The molecule has 3 rings (SSSR count). The van der Waals surface area contributed by atoms with E-state index in [1.54, 1.807) is 11.3 Å². The molecule has 0 fully saturated rings. The zero-order valence-corrected chi connectivity index (χ0v) is 16.8. The topological polar surface area (TPSA) is 167 Å². The molecule has 31 heavy (non-hydrogen) atoms. The van der Waals surface area contributed by atoms with Crippen molar-refractivity contribution in [2.24, 2.45) is 0 Å². The van der Waals surface area contributed by atoms with Crippen LogP contribution in [0.5, 0.6) is 5.75 Å². The molecule has 0 radical (unpaired) electrons. The van der Waals surface area contributed by atoms with E-state index in [0.29, 0.717) is 18.2 Å². The molecule has 0 bridgehead atoms. The number of hydrogen-bond acceptors (Lipinski definition) is 9. The first-order valence-corrected chi connectivity index (χ1v) is 9.38. The fourth-order valence-corrected chi connectivity index (χ4v) is 2.74. The number of aromatic nitrogens is 4. The van der Waals surface area contributed by atoms with Crippen LogP contribution < -0.4 is 20.9 Å². The van der Waals surface area contributed by atoms with E-state index in [-0.39, 0.29) is 11.8 Å². The van der Waals surface area contributed by atoms with Crippen molar-refractivity contribution in [1.82, 2.24) is 20.2 Å². The van der Waals surface area contributed by atoms with Gasteiger partial charge in [-0.15, -0.1) is 11.3 Å². The Hall–Kier alpha value is -3.70. The van der Waals surface area contributed by atoms with E-state index >= 15 is 0 Å². The Kier molecular flexibility index (Phi) is 7.88. The van der Waals surface area contributed by atoms with Crippen molar-refractivity contribution in [2.45, 2.75) is 19.2 Å². The van der Waals surface area contributed by atoms with Gasteiger partial charge in [-0.2, -0.15) is 23.5 Å². The van der Waals surface area contributed by atoms with E-state index in [2.05, 4.69) is 31.2 Å². The van der Waals surface area contributed by atoms with Gasteiger partial charge in [-0.3, -0.25) is 5.10 Å². The Morgan fingerprint density at radius 1 is 1.42 bits per heavy atom. The Morgan fingerprint density at radius 3 is 2.68 bits per heavy atom. The molecule has 0 unspecified atom stereocenters. The van der Waals surface area contributed by atoms with Gasteiger partial charge in [0.25, 0.3) is 0 Å². The van der Waals surface area contributed by atoms with Crippen LogP contribution in [0, 0.1) is 11.3 Å².